The predicted octanol–water partition coefficient (Wildman–Crippen LogP) is 9.06. The number of aryl methyl sites for hydroxylation is 2. The van der Waals surface area contributed by atoms with Gasteiger partial charge in [-0.05, 0) is 48.9 Å². The van der Waals surface area contributed by atoms with Crippen LogP contribution in [-0.4, -0.2) is 7.11 Å². The Morgan fingerprint density at radius 1 is 0.536 bits per heavy atom. The minimum absolute atomic E-state index is 1.02. The van der Waals surface area contributed by atoms with Crippen LogP contribution in [0.1, 0.15) is 128 Å². The number of methoxy groups -OCH3 is 1. The van der Waals surface area contributed by atoms with E-state index in [4.69, 9.17) is 4.74 Å². The van der Waals surface area contributed by atoms with Crippen LogP contribution >= 0.6 is 0 Å². The molecular formula is C27H48O. The van der Waals surface area contributed by atoms with Crippen LogP contribution in [0.15, 0.2) is 18.2 Å². The molecule has 0 spiro atoms. The summed E-state index contributed by atoms with van der Waals surface area (Å²) in [5.41, 5.74) is 3.10. The molecule has 0 radical (unpaired) electrons. The lowest BCUT2D eigenvalue weighted by Gasteiger charge is -2.12. The van der Waals surface area contributed by atoms with Gasteiger partial charge in [-0.25, -0.2) is 0 Å². The molecule has 0 amide bonds. The van der Waals surface area contributed by atoms with E-state index in [1.165, 1.54) is 121 Å². The van der Waals surface area contributed by atoms with Crippen molar-refractivity contribution >= 4 is 0 Å². The topological polar surface area (TPSA) is 9.23 Å². The molecule has 28 heavy (non-hydrogen) atoms. The Labute approximate surface area is 176 Å². The maximum absolute atomic E-state index is 5.48. The molecule has 0 aliphatic rings. The minimum atomic E-state index is 1.02. The lowest BCUT2D eigenvalue weighted by Crippen LogP contribution is -1.97. The number of hydrogen-bond donors (Lipinski definition) is 0. The molecule has 0 saturated carbocycles. The predicted molar refractivity (Wildman–Crippen MR) is 126 cm³/mol. The van der Waals surface area contributed by atoms with Gasteiger partial charge in [0.05, 0.1) is 7.11 Å². The van der Waals surface area contributed by atoms with Crippen LogP contribution in [0.25, 0.3) is 0 Å². The summed E-state index contributed by atoms with van der Waals surface area (Å²) in [7, 11) is 1.79. The van der Waals surface area contributed by atoms with Gasteiger partial charge < -0.3 is 4.74 Å². The van der Waals surface area contributed by atoms with Gasteiger partial charge in [-0.1, -0.05) is 110 Å². The summed E-state index contributed by atoms with van der Waals surface area (Å²) in [5.74, 6) is 1.02. The van der Waals surface area contributed by atoms with Crippen LogP contribution in [0, 0.1) is 0 Å². The van der Waals surface area contributed by atoms with Gasteiger partial charge in [0, 0.05) is 0 Å². The average molecular weight is 389 g/mol. The fourth-order valence-electron chi connectivity index (χ4n) is 4.10. The molecule has 1 aromatic rings. The zero-order valence-electron chi connectivity index (χ0n) is 19.4. The molecule has 0 unspecified atom stereocenters. The van der Waals surface area contributed by atoms with E-state index in [2.05, 4.69) is 32.0 Å². The molecule has 0 heterocycles. The molecule has 0 saturated heterocycles. The van der Waals surface area contributed by atoms with Crippen molar-refractivity contribution in [2.24, 2.45) is 0 Å². The number of unbranched alkanes of at least 4 members (excludes halogenated alkanes) is 14. The molecule has 0 bridgehead atoms. The van der Waals surface area contributed by atoms with E-state index in [0.717, 1.165) is 5.75 Å². The molecule has 0 atom stereocenters. The highest BCUT2D eigenvalue weighted by atomic mass is 16.5. The van der Waals surface area contributed by atoms with Gasteiger partial charge in [-0.15, -0.1) is 0 Å². The Hall–Kier alpha value is -0.980. The van der Waals surface area contributed by atoms with Gasteiger partial charge in [-0.3, -0.25) is 0 Å². The summed E-state index contributed by atoms with van der Waals surface area (Å²) in [6.45, 7) is 4.58. The van der Waals surface area contributed by atoms with E-state index in [1.807, 2.05) is 0 Å². The molecule has 1 heteroatoms. The Morgan fingerprint density at radius 2 is 0.964 bits per heavy atom. The molecule has 1 rings (SSSR count). The normalized spacial score (nSPS) is 11.1. The molecule has 1 nitrogen and oxygen atoms in total. The first-order valence-corrected chi connectivity index (χ1v) is 12.5. The molecule has 0 aliphatic heterocycles. The summed E-state index contributed by atoms with van der Waals surface area (Å²) in [5, 5.41) is 0. The minimum Gasteiger partial charge on any atom is -0.497 e. The van der Waals surface area contributed by atoms with Crippen molar-refractivity contribution in [2.75, 3.05) is 7.11 Å². The van der Waals surface area contributed by atoms with Crippen LogP contribution in [0.2, 0.25) is 0 Å². The lowest BCUT2D eigenvalue weighted by molar-refractivity contribution is 0.414. The number of hydrogen-bond acceptors (Lipinski definition) is 1. The summed E-state index contributed by atoms with van der Waals surface area (Å²) in [6.07, 6.45) is 24.8. The fourth-order valence-corrected chi connectivity index (χ4v) is 4.10. The zero-order chi connectivity index (χ0) is 20.3. The quantitative estimate of drug-likeness (QED) is 0.215. The molecule has 0 aromatic heterocycles. The van der Waals surface area contributed by atoms with Crippen molar-refractivity contribution in [3.8, 4) is 5.75 Å². The molecule has 0 fully saturated rings. The second-order valence-electron chi connectivity index (χ2n) is 8.58. The van der Waals surface area contributed by atoms with Crippen LogP contribution in [-0.2, 0) is 12.8 Å². The smallest absolute Gasteiger partial charge is 0.119 e. The van der Waals surface area contributed by atoms with Gasteiger partial charge >= 0.3 is 0 Å². The van der Waals surface area contributed by atoms with Crippen molar-refractivity contribution < 1.29 is 4.74 Å². The SMILES string of the molecule is CCCCCCCCCCc1ccc(OC)cc1CCCCCCCCCC. The second-order valence-corrected chi connectivity index (χ2v) is 8.58. The van der Waals surface area contributed by atoms with Gasteiger partial charge in [0.1, 0.15) is 5.75 Å². The van der Waals surface area contributed by atoms with Crippen molar-refractivity contribution in [1.29, 1.82) is 0 Å². The monoisotopic (exact) mass is 388 g/mol. The van der Waals surface area contributed by atoms with E-state index in [9.17, 15) is 0 Å². The molecule has 0 aliphatic carbocycles. The number of rotatable bonds is 19. The highest BCUT2D eigenvalue weighted by molar-refractivity contribution is 5.36. The van der Waals surface area contributed by atoms with Gasteiger partial charge in [0.25, 0.3) is 0 Å². The van der Waals surface area contributed by atoms with Crippen LogP contribution in [0.3, 0.4) is 0 Å². The van der Waals surface area contributed by atoms with E-state index >= 15 is 0 Å². The molecule has 162 valence electrons. The molecule has 0 N–H and O–H groups in total. The van der Waals surface area contributed by atoms with Crippen molar-refractivity contribution in [3.05, 3.63) is 29.3 Å². The highest BCUT2D eigenvalue weighted by Gasteiger charge is 2.05. The standard InChI is InChI=1S/C27H48O/c1-4-6-8-10-12-14-16-18-20-25-22-23-27(28-3)24-26(25)21-19-17-15-13-11-9-7-5-2/h22-24H,4-21H2,1-3H3. The van der Waals surface area contributed by atoms with Crippen LogP contribution in [0.5, 0.6) is 5.75 Å². The van der Waals surface area contributed by atoms with Gasteiger partial charge in [0.2, 0.25) is 0 Å². The van der Waals surface area contributed by atoms with Gasteiger partial charge in [-0.2, -0.15) is 0 Å². The van der Waals surface area contributed by atoms with E-state index in [1.54, 1.807) is 12.7 Å². The highest BCUT2D eigenvalue weighted by Crippen LogP contribution is 2.22. The van der Waals surface area contributed by atoms with Crippen molar-refractivity contribution in [2.45, 2.75) is 129 Å². The maximum atomic E-state index is 5.48. The van der Waals surface area contributed by atoms with E-state index in [0.29, 0.717) is 0 Å². The summed E-state index contributed by atoms with van der Waals surface area (Å²) in [6, 6.07) is 6.76. The van der Waals surface area contributed by atoms with E-state index in [-0.39, 0.29) is 0 Å². The van der Waals surface area contributed by atoms with Gasteiger partial charge in [0.15, 0.2) is 0 Å². The van der Waals surface area contributed by atoms with Crippen LogP contribution in [0.4, 0.5) is 0 Å². The first-order valence-electron chi connectivity index (χ1n) is 12.5. The zero-order valence-corrected chi connectivity index (χ0v) is 19.4. The molecule has 1 aromatic carbocycles. The first kappa shape index (κ1) is 25.1. The Morgan fingerprint density at radius 3 is 1.43 bits per heavy atom. The first-order chi connectivity index (χ1) is 13.8. The van der Waals surface area contributed by atoms with Crippen molar-refractivity contribution in [1.82, 2.24) is 0 Å². The summed E-state index contributed by atoms with van der Waals surface area (Å²) >= 11 is 0. The van der Waals surface area contributed by atoms with E-state index < -0.39 is 0 Å². The number of benzene rings is 1. The Kier molecular flexibility index (Phi) is 16.2. The molecular weight excluding hydrogens is 340 g/mol. The fraction of sp³-hybridized carbons (Fsp3) is 0.778. The summed E-state index contributed by atoms with van der Waals surface area (Å²) in [4.78, 5) is 0. The summed E-state index contributed by atoms with van der Waals surface area (Å²) < 4.78 is 5.48. The third-order valence-electron chi connectivity index (χ3n) is 6.01. The van der Waals surface area contributed by atoms with Crippen molar-refractivity contribution in [3.63, 3.8) is 0 Å². The number of ether oxygens (including phenoxy) is 1. The second kappa shape index (κ2) is 18.1. The third kappa shape index (κ3) is 12.5. The third-order valence-corrected chi connectivity index (χ3v) is 6.01. The Bertz CT molecular complexity index is 465. The largest absolute Gasteiger partial charge is 0.497 e. The average Bonchev–Trinajstić information content (AvgIpc) is 2.72. The maximum Gasteiger partial charge on any atom is 0.119 e. The Balaban J connectivity index is 2.27. The lowest BCUT2D eigenvalue weighted by atomic mass is 9.96. The van der Waals surface area contributed by atoms with Crippen LogP contribution < -0.4 is 4.74 Å².